The average Bonchev–Trinajstić information content (AvgIpc) is 2.21. The van der Waals surface area contributed by atoms with Crippen molar-refractivity contribution >= 4 is 5.69 Å². The Hall–Kier alpha value is -1.25. The Bertz CT molecular complexity index is 339. The van der Waals surface area contributed by atoms with E-state index >= 15 is 0 Å². The molecule has 1 rings (SSSR count). The summed E-state index contributed by atoms with van der Waals surface area (Å²) in [6.45, 7) is 8.05. The molecule has 0 bridgehead atoms. The number of halogens is 1. The molecule has 2 nitrogen and oxygen atoms in total. The Morgan fingerprint density at radius 2 is 2.00 bits per heavy atom. The summed E-state index contributed by atoms with van der Waals surface area (Å²) in [5.74, 6) is 0.457. The van der Waals surface area contributed by atoms with Crippen molar-refractivity contribution in [1.82, 2.24) is 0 Å². The number of hydrogen-bond acceptors (Lipinski definition) is 2. The van der Waals surface area contributed by atoms with Crippen molar-refractivity contribution in [3.8, 4) is 5.75 Å². The standard InChI is InChI=1S/C13H20FNO/c1-5-10(4)15-12-8-11(14)6-7-13(12)16-9(2)3/h6-10,15H,5H2,1-4H3. The third kappa shape index (κ3) is 3.72. The summed E-state index contributed by atoms with van der Waals surface area (Å²) < 4.78 is 18.8. The summed E-state index contributed by atoms with van der Waals surface area (Å²) in [6.07, 6.45) is 1.07. The molecule has 0 heterocycles. The molecule has 1 aromatic carbocycles. The predicted molar refractivity (Wildman–Crippen MR) is 65.5 cm³/mol. The Balaban J connectivity index is 2.89. The molecule has 0 amide bonds. The highest BCUT2D eigenvalue weighted by Crippen LogP contribution is 2.27. The summed E-state index contributed by atoms with van der Waals surface area (Å²) in [5.41, 5.74) is 0.725. The van der Waals surface area contributed by atoms with Gasteiger partial charge in [-0.25, -0.2) is 4.39 Å². The van der Waals surface area contributed by atoms with Crippen molar-refractivity contribution in [3.05, 3.63) is 24.0 Å². The molecular formula is C13H20FNO. The molecule has 0 saturated carbocycles. The van der Waals surface area contributed by atoms with Crippen molar-refractivity contribution in [2.75, 3.05) is 5.32 Å². The second-order valence-electron chi connectivity index (χ2n) is 4.26. The van der Waals surface area contributed by atoms with Crippen molar-refractivity contribution in [1.29, 1.82) is 0 Å². The molecule has 0 aromatic heterocycles. The molecule has 0 spiro atoms. The van der Waals surface area contributed by atoms with Gasteiger partial charge < -0.3 is 10.1 Å². The molecule has 1 unspecified atom stereocenters. The van der Waals surface area contributed by atoms with E-state index in [1.165, 1.54) is 12.1 Å². The third-order valence-electron chi connectivity index (χ3n) is 2.32. The van der Waals surface area contributed by atoms with Crippen LogP contribution in [0.4, 0.5) is 10.1 Å². The van der Waals surface area contributed by atoms with E-state index in [1.807, 2.05) is 13.8 Å². The number of hydrogen-bond donors (Lipinski definition) is 1. The molecule has 16 heavy (non-hydrogen) atoms. The van der Waals surface area contributed by atoms with E-state index in [1.54, 1.807) is 6.07 Å². The SMILES string of the molecule is CCC(C)Nc1cc(F)ccc1OC(C)C. The first kappa shape index (κ1) is 12.8. The highest BCUT2D eigenvalue weighted by molar-refractivity contribution is 5.57. The maximum absolute atomic E-state index is 13.1. The van der Waals surface area contributed by atoms with Gasteiger partial charge in [0.05, 0.1) is 11.8 Å². The smallest absolute Gasteiger partial charge is 0.142 e. The van der Waals surface area contributed by atoms with Gasteiger partial charge >= 0.3 is 0 Å². The molecule has 0 saturated heterocycles. The minimum absolute atomic E-state index is 0.0861. The lowest BCUT2D eigenvalue weighted by atomic mass is 10.2. The van der Waals surface area contributed by atoms with Gasteiger partial charge in [-0.1, -0.05) is 6.92 Å². The van der Waals surface area contributed by atoms with Crippen LogP contribution in [0, 0.1) is 5.82 Å². The lowest BCUT2D eigenvalue weighted by Crippen LogP contribution is -2.15. The van der Waals surface area contributed by atoms with Gasteiger partial charge in [0.15, 0.2) is 0 Å². The largest absolute Gasteiger partial charge is 0.489 e. The minimum Gasteiger partial charge on any atom is -0.489 e. The fourth-order valence-corrected chi connectivity index (χ4v) is 1.34. The van der Waals surface area contributed by atoms with E-state index in [-0.39, 0.29) is 11.9 Å². The molecule has 3 heteroatoms. The van der Waals surface area contributed by atoms with Crippen molar-refractivity contribution in [2.24, 2.45) is 0 Å². The van der Waals surface area contributed by atoms with E-state index in [9.17, 15) is 4.39 Å². The number of benzene rings is 1. The van der Waals surface area contributed by atoms with E-state index < -0.39 is 0 Å². The zero-order valence-electron chi connectivity index (χ0n) is 10.4. The predicted octanol–water partition coefficient (Wildman–Crippen LogP) is 3.82. The molecule has 0 aliphatic heterocycles. The zero-order valence-corrected chi connectivity index (χ0v) is 10.4. The van der Waals surface area contributed by atoms with Crippen LogP contribution in [0.15, 0.2) is 18.2 Å². The quantitative estimate of drug-likeness (QED) is 0.822. The summed E-state index contributed by atoms with van der Waals surface area (Å²) in [6, 6.07) is 4.86. The molecule has 0 radical (unpaired) electrons. The van der Waals surface area contributed by atoms with E-state index in [2.05, 4.69) is 19.2 Å². The highest BCUT2D eigenvalue weighted by Gasteiger charge is 2.09. The minimum atomic E-state index is -0.248. The summed E-state index contributed by atoms with van der Waals surface area (Å²) >= 11 is 0. The van der Waals surface area contributed by atoms with Gasteiger partial charge in [-0.3, -0.25) is 0 Å². The van der Waals surface area contributed by atoms with Crippen LogP contribution in [-0.2, 0) is 0 Å². The first-order chi connectivity index (χ1) is 7.52. The Morgan fingerprint density at radius 3 is 2.56 bits per heavy atom. The Morgan fingerprint density at radius 1 is 1.31 bits per heavy atom. The zero-order chi connectivity index (χ0) is 12.1. The van der Waals surface area contributed by atoms with Crippen LogP contribution >= 0.6 is 0 Å². The summed E-state index contributed by atoms with van der Waals surface area (Å²) in [5, 5.41) is 3.24. The Labute approximate surface area is 96.8 Å². The molecular weight excluding hydrogens is 205 g/mol. The summed E-state index contributed by atoms with van der Waals surface area (Å²) in [7, 11) is 0. The number of nitrogens with one attached hydrogen (secondary N) is 1. The van der Waals surface area contributed by atoms with Crippen molar-refractivity contribution < 1.29 is 9.13 Å². The first-order valence-electron chi connectivity index (χ1n) is 5.75. The number of rotatable bonds is 5. The fourth-order valence-electron chi connectivity index (χ4n) is 1.34. The fraction of sp³-hybridized carbons (Fsp3) is 0.538. The normalized spacial score (nSPS) is 12.6. The molecule has 1 atom stereocenters. The van der Waals surface area contributed by atoms with Gasteiger partial charge in [0, 0.05) is 12.1 Å². The van der Waals surface area contributed by atoms with Gasteiger partial charge in [0.1, 0.15) is 11.6 Å². The van der Waals surface area contributed by atoms with E-state index in [0.717, 1.165) is 12.1 Å². The van der Waals surface area contributed by atoms with Gasteiger partial charge in [-0.15, -0.1) is 0 Å². The third-order valence-corrected chi connectivity index (χ3v) is 2.32. The summed E-state index contributed by atoms with van der Waals surface area (Å²) in [4.78, 5) is 0. The monoisotopic (exact) mass is 225 g/mol. The van der Waals surface area contributed by atoms with E-state index in [0.29, 0.717) is 11.8 Å². The molecule has 90 valence electrons. The molecule has 1 N–H and O–H groups in total. The van der Waals surface area contributed by atoms with Gasteiger partial charge in [-0.2, -0.15) is 0 Å². The highest BCUT2D eigenvalue weighted by atomic mass is 19.1. The van der Waals surface area contributed by atoms with Crippen LogP contribution < -0.4 is 10.1 Å². The van der Waals surface area contributed by atoms with Crippen LogP contribution in [0.5, 0.6) is 5.75 Å². The lowest BCUT2D eigenvalue weighted by Gasteiger charge is -2.18. The molecule has 0 aliphatic carbocycles. The van der Waals surface area contributed by atoms with Crippen LogP contribution in [0.2, 0.25) is 0 Å². The second kappa shape index (κ2) is 5.73. The topological polar surface area (TPSA) is 21.3 Å². The lowest BCUT2D eigenvalue weighted by molar-refractivity contribution is 0.243. The van der Waals surface area contributed by atoms with Crippen LogP contribution in [-0.4, -0.2) is 12.1 Å². The molecule has 1 aromatic rings. The molecule has 0 aliphatic rings. The maximum Gasteiger partial charge on any atom is 0.142 e. The maximum atomic E-state index is 13.1. The average molecular weight is 225 g/mol. The van der Waals surface area contributed by atoms with Crippen molar-refractivity contribution in [2.45, 2.75) is 46.3 Å². The van der Waals surface area contributed by atoms with Gasteiger partial charge in [0.2, 0.25) is 0 Å². The van der Waals surface area contributed by atoms with Crippen molar-refractivity contribution in [3.63, 3.8) is 0 Å². The van der Waals surface area contributed by atoms with Gasteiger partial charge in [-0.05, 0) is 39.3 Å². The van der Waals surface area contributed by atoms with Crippen LogP contribution in [0.1, 0.15) is 34.1 Å². The number of ether oxygens (including phenoxy) is 1. The second-order valence-corrected chi connectivity index (χ2v) is 4.26. The van der Waals surface area contributed by atoms with Crippen LogP contribution in [0.3, 0.4) is 0 Å². The molecule has 0 fully saturated rings. The van der Waals surface area contributed by atoms with Gasteiger partial charge in [0.25, 0.3) is 0 Å². The first-order valence-corrected chi connectivity index (χ1v) is 5.75. The Kier molecular flexibility index (Phi) is 4.59. The van der Waals surface area contributed by atoms with Crippen LogP contribution in [0.25, 0.3) is 0 Å². The number of anilines is 1. The van der Waals surface area contributed by atoms with E-state index in [4.69, 9.17) is 4.74 Å².